The lowest BCUT2D eigenvalue weighted by Gasteiger charge is -2.08. The van der Waals surface area contributed by atoms with E-state index in [2.05, 4.69) is 15.3 Å². The van der Waals surface area contributed by atoms with Crippen LogP contribution in [0, 0.1) is 6.92 Å². The van der Waals surface area contributed by atoms with Gasteiger partial charge >= 0.3 is 6.18 Å². The number of aromatic nitrogens is 2. The molecule has 1 aromatic carbocycles. The molecule has 0 bridgehead atoms. The summed E-state index contributed by atoms with van der Waals surface area (Å²) >= 11 is 0. The normalized spacial score (nSPS) is 11.4. The first-order valence-corrected chi connectivity index (χ1v) is 6.09. The van der Waals surface area contributed by atoms with Crippen LogP contribution >= 0.6 is 0 Å². The Hall–Kier alpha value is -2.11. The summed E-state index contributed by atoms with van der Waals surface area (Å²) in [6.45, 7) is 2.36. The van der Waals surface area contributed by atoms with Crippen molar-refractivity contribution in [1.29, 1.82) is 0 Å². The van der Waals surface area contributed by atoms with Gasteiger partial charge in [0.2, 0.25) is 0 Å². The van der Waals surface area contributed by atoms with E-state index in [1.165, 1.54) is 18.5 Å². The molecule has 0 fully saturated rings. The quantitative estimate of drug-likeness (QED) is 0.932. The van der Waals surface area contributed by atoms with Crippen molar-refractivity contribution in [2.75, 3.05) is 5.32 Å². The maximum atomic E-state index is 12.2. The van der Waals surface area contributed by atoms with Crippen LogP contribution in [0.1, 0.15) is 16.8 Å². The molecule has 0 amide bonds. The van der Waals surface area contributed by atoms with Crippen LogP contribution in [-0.4, -0.2) is 16.1 Å². The fourth-order valence-electron chi connectivity index (χ4n) is 1.75. The molecule has 0 spiro atoms. The molecule has 20 heavy (non-hydrogen) atoms. The third kappa shape index (κ3) is 4.53. The topological polar surface area (TPSA) is 37.8 Å². The number of aryl methyl sites for hydroxylation is 1. The van der Waals surface area contributed by atoms with Gasteiger partial charge in [-0.1, -0.05) is 24.3 Å². The Labute approximate surface area is 114 Å². The molecule has 6 heteroatoms. The van der Waals surface area contributed by atoms with Crippen LogP contribution in [0.5, 0.6) is 0 Å². The number of hydrogen-bond donors (Lipinski definition) is 1. The van der Waals surface area contributed by atoms with Crippen LogP contribution in [0.3, 0.4) is 0 Å². The number of nitrogens with zero attached hydrogens (tertiary/aromatic N) is 2. The molecule has 3 nitrogen and oxygen atoms in total. The van der Waals surface area contributed by atoms with E-state index >= 15 is 0 Å². The Morgan fingerprint density at radius 1 is 1.05 bits per heavy atom. The van der Waals surface area contributed by atoms with Gasteiger partial charge in [0.15, 0.2) is 0 Å². The minimum atomic E-state index is -4.17. The van der Waals surface area contributed by atoms with Crippen molar-refractivity contribution in [3.05, 3.63) is 53.5 Å². The highest BCUT2D eigenvalue weighted by atomic mass is 19.4. The summed E-state index contributed by atoms with van der Waals surface area (Å²) in [5.74, 6) is 0.692. The predicted octanol–water partition coefficient (Wildman–Crippen LogP) is 3.50. The molecule has 0 radical (unpaired) electrons. The molecule has 106 valence electrons. The molecule has 2 rings (SSSR count). The number of benzene rings is 1. The Kier molecular flexibility index (Phi) is 4.22. The van der Waals surface area contributed by atoms with Gasteiger partial charge in [0.25, 0.3) is 0 Å². The van der Waals surface area contributed by atoms with Crippen LogP contribution in [0.2, 0.25) is 0 Å². The number of anilines is 1. The van der Waals surface area contributed by atoms with Gasteiger partial charge in [-0.3, -0.25) is 0 Å². The third-order valence-corrected chi connectivity index (χ3v) is 2.70. The molecule has 1 N–H and O–H groups in total. The summed E-state index contributed by atoms with van der Waals surface area (Å²) in [6, 6.07) is 8.16. The average Bonchev–Trinajstić information content (AvgIpc) is 2.36. The minimum Gasteiger partial charge on any atom is -0.366 e. The average molecular weight is 281 g/mol. The van der Waals surface area contributed by atoms with Gasteiger partial charge in [-0.15, -0.1) is 0 Å². The van der Waals surface area contributed by atoms with Crippen molar-refractivity contribution in [3.63, 3.8) is 0 Å². The summed E-state index contributed by atoms with van der Waals surface area (Å²) in [5, 5.41) is 3.10. The van der Waals surface area contributed by atoms with Crippen molar-refractivity contribution >= 4 is 5.82 Å². The van der Waals surface area contributed by atoms with Crippen molar-refractivity contribution in [2.24, 2.45) is 0 Å². The molecular weight excluding hydrogens is 267 g/mol. The first-order chi connectivity index (χ1) is 9.42. The molecular formula is C14H14F3N3. The zero-order valence-corrected chi connectivity index (χ0v) is 10.9. The lowest BCUT2D eigenvalue weighted by Crippen LogP contribution is -2.11. The second kappa shape index (κ2) is 5.90. The standard InChI is InChI=1S/C14H14F3N3/c1-10-6-13(20-9-19-10)18-8-12-4-2-11(3-5-12)7-14(15,16)17/h2-6,9H,7-8H2,1H3,(H,18,19,20). The molecule has 0 aliphatic carbocycles. The lowest BCUT2D eigenvalue weighted by molar-refractivity contribution is -0.127. The highest BCUT2D eigenvalue weighted by molar-refractivity contribution is 5.36. The van der Waals surface area contributed by atoms with Gasteiger partial charge in [-0.05, 0) is 18.1 Å². The molecule has 0 saturated heterocycles. The van der Waals surface area contributed by atoms with Crippen LogP contribution in [-0.2, 0) is 13.0 Å². The van der Waals surface area contributed by atoms with Gasteiger partial charge in [0.1, 0.15) is 12.1 Å². The van der Waals surface area contributed by atoms with E-state index in [9.17, 15) is 13.2 Å². The molecule has 0 unspecified atom stereocenters. The smallest absolute Gasteiger partial charge is 0.366 e. The second-order valence-corrected chi connectivity index (χ2v) is 4.51. The summed E-state index contributed by atoms with van der Waals surface area (Å²) in [7, 11) is 0. The van der Waals surface area contributed by atoms with E-state index in [4.69, 9.17) is 0 Å². The first-order valence-electron chi connectivity index (χ1n) is 6.09. The SMILES string of the molecule is Cc1cc(NCc2ccc(CC(F)(F)F)cc2)ncn1. The van der Waals surface area contributed by atoms with Crippen molar-refractivity contribution in [1.82, 2.24) is 9.97 Å². The van der Waals surface area contributed by atoms with Crippen LogP contribution in [0.4, 0.5) is 19.0 Å². The summed E-state index contributed by atoms with van der Waals surface area (Å²) in [6.07, 6.45) is -3.60. The molecule has 0 aliphatic heterocycles. The van der Waals surface area contributed by atoms with E-state index in [0.717, 1.165) is 11.3 Å². The van der Waals surface area contributed by atoms with E-state index in [1.54, 1.807) is 18.2 Å². The van der Waals surface area contributed by atoms with Gasteiger partial charge in [0, 0.05) is 18.3 Å². The Balaban J connectivity index is 1.94. The van der Waals surface area contributed by atoms with E-state index in [1.807, 2.05) is 6.92 Å². The van der Waals surface area contributed by atoms with Crippen molar-refractivity contribution < 1.29 is 13.2 Å². The summed E-state index contributed by atoms with van der Waals surface area (Å²) in [4.78, 5) is 8.03. The molecule has 1 aromatic heterocycles. The van der Waals surface area contributed by atoms with Crippen LogP contribution < -0.4 is 5.32 Å². The number of nitrogens with one attached hydrogen (secondary N) is 1. The molecule has 1 heterocycles. The molecule has 0 saturated carbocycles. The third-order valence-electron chi connectivity index (χ3n) is 2.70. The largest absolute Gasteiger partial charge is 0.393 e. The van der Waals surface area contributed by atoms with Gasteiger partial charge in [-0.25, -0.2) is 9.97 Å². The fourth-order valence-corrected chi connectivity index (χ4v) is 1.75. The second-order valence-electron chi connectivity index (χ2n) is 4.51. The van der Waals surface area contributed by atoms with Crippen molar-refractivity contribution in [3.8, 4) is 0 Å². The van der Waals surface area contributed by atoms with Gasteiger partial charge in [-0.2, -0.15) is 13.2 Å². The van der Waals surface area contributed by atoms with Crippen LogP contribution in [0.25, 0.3) is 0 Å². The monoisotopic (exact) mass is 281 g/mol. The summed E-state index contributed by atoms with van der Waals surface area (Å²) < 4.78 is 36.7. The Bertz CT molecular complexity index is 565. The number of rotatable bonds is 4. The maximum Gasteiger partial charge on any atom is 0.393 e. The maximum absolute atomic E-state index is 12.2. The van der Waals surface area contributed by atoms with E-state index in [-0.39, 0.29) is 5.56 Å². The highest BCUT2D eigenvalue weighted by Crippen LogP contribution is 2.21. The molecule has 0 atom stereocenters. The predicted molar refractivity (Wildman–Crippen MR) is 70.3 cm³/mol. The van der Waals surface area contributed by atoms with Gasteiger partial charge in [0.05, 0.1) is 6.42 Å². The van der Waals surface area contributed by atoms with Crippen LogP contribution in [0.15, 0.2) is 36.7 Å². The minimum absolute atomic E-state index is 0.263. The number of halogens is 3. The van der Waals surface area contributed by atoms with E-state index < -0.39 is 12.6 Å². The Morgan fingerprint density at radius 2 is 1.70 bits per heavy atom. The fraction of sp³-hybridized carbons (Fsp3) is 0.286. The van der Waals surface area contributed by atoms with E-state index in [0.29, 0.717) is 12.4 Å². The number of alkyl halides is 3. The first kappa shape index (κ1) is 14.3. The van der Waals surface area contributed by atoms with Crippen molar-refractivity contribution in [2.45, 2.75) is 26.1 Å². The Morgan fingerprint density at radius 3 is 2.30 bits per heavy atom. The highest BCUT2D eigenvalue weighted by Gasteiger charge is 2.27. The lowest BCUT2D eigenvalue weighted by atomic mass is 10.1. The zero-order valence-electron chi connectivity index (χ0n) is 10.9. The molecule has 0 aliphatic rings. The summed E-state index contributed by atoms with van der Waals surface area (Å²) in [5.41, 5.74) is 2.01. The van der Waals surface area contributed by atoms with Gasteiger partial charge < -0.3 is 5.32 Å². The molecule has 2 aromatic rings. The zero-order chi connectivity index (χ0) is 14.6. The number of hydrogen-bond acceptors (Lipinski definition) is 3.